The van der Waals surface area contributed by atoms with Crippen LogP contribution in [-0.2, 0) is 7.05 Å². The number of hydrogen-bond acceptors (Lipinski definition) is 4. The van der Waals surface area contributed by atoms with E-state index in [9.17, 15) is 14.9 Å². The van der Waals surface area contributed by atoms with E-state index in [1.54, 1.807) is 0 Å². The number of aromatic nitrogens is 2. The van der Waals surface area contributed by atoms with Gasteiger partial charge in [-0.1, -0.05) is 0 Å². The molecule has 1 rings (SSSR count). The smallest absolute Gasteiger partial charge is 0.413 e. The summed E-state index contributed by atoms with van der Waals surface area (Å²) in [4.78, 5) is 23.3. The first kappa shape index (κ1) is 8.97. The molecule has 0 radical (unpaired) electrons. The van der Waals surface area contributed by atoms with Crippen molar-refractivity contribution in [3.8, 4) is 0 Å². The zero-order valence-corrected chi connectivity index (χ0v) is 6.59. The molecule has 0 aliphatic rings. The molecule has 13 heavy (non-hydrogen) atoms. The van der Waals surface area contributed by atoms with Gasteiger partial charge >= 0.3 is 17.9 Å². The van der Waals surface area contributed by atoms with Crippen molar-refractivity contribution in [3.05, 3.63) is 16.3 Å². The molecule has 70 valence electrons. The summed E-state index contributed by atoms with van der Waals surface area (Å²) in [6.45, 7) is 0. The number of nitrogens with one attached hydrogen (secondary N) is 1. The van der Waals surface area contributed by atoms with Crippen molar-refractivity contribution in [2.45, 2.75) is 0 Å². The Balaban J connectivity index is 2.99. The maximum atomic E-state index is 10.3. The lowest BCUT2D eigenvalue weighted by molar-refractivity contribution is -0.391. The highest BCUT2D eigenvalue weighted by atomic mass is 16.6. The van der Waals surface area contributed by atoms with Crippen molar-refractivity contribution in [1.29, 1.82) is 0 Å². The van der Waals surface area contributed by atoms with E-state index < -0.39 is 11.0 Å². The molecule has 0 aliphatic heterocycles. The van der Waals surface area contributed by atoms with Gasteiger partial charge in [-0.2, -0.15) is 9.55 Å². The molecule has 0 fully saturated rings. The van der Waals surface area contributed by atoms with E-state index in [1.165, 1.54) is 7.05 Å². The standard InChI is InChI=1S/C5H6N4O4/c1-8-3(9(12)13)2-6-4(8)7-5(10)11/h2H,1H3,(H,6,7)(H,10,11). The van der Waals surface area contributed by atoms with Gasteiger partial charge in [-0.05, 0) is 4.92 Å². The van der Waals surface area contributed by atoms with E-state index >= 15 is 0 Å². The molecule has 0 saturated carbocycles. The van der Waals surface area contributed by atoms with Crippen molar-refractivity contribution < 1.29 is 14.8 Å². The molecule has 1 aromatic rings. The van der Waals surface area contributed by atoms with Crippen molar-refractivity contribution in [2.75, 3.05) is 5.32 Å². The quantitative estimate of drug-likeness (QED) is 0.513. The fraction of sp³-hybridized carbons (Fsp3) is 0.200. The van der Waals surface area contributed by atoms with Crippen molar-refractivity contribution >= 4 is 17.9 Å². The summed E-state index contributed by atoms with van der Waals surface area (Å²) in [5.74, 6) is -0.358. The van der Waals surface area contributed by atoms with Crippen molar-refractivity contribution in [3.63, 3.8) is 0 Å². The summed E-state index contributed by atoms with van der Waals surface area (Å²) in [5.41, 5.74) is 0. The van der Waals surface area contributed by atoms with Crippen LogP contribution in [0.25, 0.3) is 0 Å². The first-order chi connectivity index (χ1) is 6.02. The lowest BCUT2D eigenvalue weighted by Gasteiger charge is -1.96. The zero-order valence-electron chi connectivity index (χ0n) is 6.59. The molecule has 2 N–H and O–H groups in total. The first-order valence-electron chi connectivity index (χ1n) is 3.18. The zero-order chi connectivity index (χ0) is 10.0. The van der Waals surface area contributed by atoms with Crippen LogP contribution in [0, 0.1) is 10.1 Å². The van der Waals surface area contributed by atoms with Gasteiger partial charge in [-0.15, -0.1) is 0 Å². The van der Waals surface area contributed by atoms with Crippen LogP contribution in [0.15, 0.2) is 6.20 Å². The number of anilines is 1. The molecule has 0 saturated heterocycles. The van der Waals surface area contributed by atoms with E-state index in [1.807, 2.05) is 5.32 Å². The molecular formula is C5H6N4O4. The fourth-order valence-corrected chi connectivity index (χ4v) is 0.782. The Labute approximate surface area is 72.0 Å². The molecule has 1 heterocycles. The summed E-state index contributed by atoms with van der Waals surface area (Å²) in [7, 11) is 1.34. The van der Waals surface area contributed by atoms with Crippen LogP contribution in [-0.4, -0.2) is 25.7 Å². The summed E-state index contributed by atoms with van der Waals surface area (Å²) in [6, 6.07) is 0. The fourth-order valence-electron chi connectivity index (χ4n) is 0.782. The van der Waals surface area contributed by atoms with Gasteiger partial charge in [0.15, 0.2) is 0 Å². The Kier molecular flexibility index (Phi) is 2.13. The summed E-state index contributed by atoms with van der Waals surface area (Å²) >= 11 is 0. The SMILES string of the molecule is Cn1c([N+](=O)[O-])cnc1NC(=O)O. The van der Waals surface area contributed by atoms with Crippen LogP contribution in [0.2, 0.25) is 0 Å². The molecular weight excluding hydrogens is 180 g/mol. The molecule has 1 aromatic heterocycles. The Bertz CT molecular complexity index is 357. The lowest BCUT2D eigenvalue weighted by Crippen LogP contribution is -2.12. The Hall–Kier alpha value is -2.12. The summed E-state index contributed by atoms with van der Waals surface area (Å²) in [6.07, 6.45) is -0.339. The van der Waals surface area contributed by atoms with E-state index in [0.29, 0.717) is 0 Å². The minimum absolute atomic E-state index is 0.0841. The van der Waals surface area contributed by atoms with Gasteiger partial charge in [0.05, 0.1) is 7.05 Å². The van der Waals surface area contributed by atoms with Crippen molar-refractivity contribution in [2.24, 2.45) is 7.05 Å². The number of nitro groups is 1. The van der Waals surface area contributed by atoms with Crippen LogP contribution in [0.5, 0.6) is 0 Å². The van der Waals surface area contributed by atoms with Gasteiger partial charge in [0, 0.05) is 0 Å². The molecule has 0 unspecified atom stereocenters. The summed E-state index contributed by atoms with van der Waals surface area (Å²) in [5, 5.41) is 20.5. The highest BCUT2D eigenvalue weighted by Crippen LogP contribution is 2.14. The third-order valence-corrected chi connectivity index (χ3v) is 1.37. The van der Waals surface area contributed by atoms with Gasteiger partial charge in [-0.25, -0.2) is 10.1 Å². The molecule has 0 bridgehead atoms. The predicted octanol–water partition coefficient (Wildman–Crippen LogP) is 0.418. The second-order valence-corrected chi connectivity index (χ2v) is 2.19. The Morgan fingerprint density at radius 1 is 1.85 bits per heavy atom. The number of amides is 1. The Morgan fingerprint density at radius 2 is 2.46 bits per heavy atom. The normalized spacial score (nSPS) is 9.62. The van der Waals surface area contributed by atoms with Gasteiger partial charge in [0.2, 0.25) is 0 Å². The number of carbonyl (C=O) groups is 1. The average Bonchev–Trinajstić information content (AvgIpc) is 2.32. The largest absolute Gasteiger partial charge is 0.465 e. The Morgan fingerprint density at radius 3 is 2.85 bits per heavy atom. The van der Waals surface area contributed by atoms with Gasteiger partial charge in [0.25, 0.3) is 0 Å². The molecule has 0 aromatic carbocycles. The topological polar surface area (TPSA) is 110 Å². The number of carboxylic acid groups (broad SMARTS) is 1. The van der Waals surface area contributed by atoms with E-state index in [0.717, 1.165) is 10.8 Å². The number of hydrogen-bond donors (Lipinski definition) is 2. The molecule has 8 nitrogen and oxygen atoms in total. The minimum atomic E-state index is -1.32. The molecule has 0 aliphatic carbocycles. The molecule has 8 heteroatoms. The minimum Gasteiger partial charge on any atom is -0.465 e. The van der Waals surface area contributed by atoms with Crippen LogP contribution in [0.3, 0.4) is 0 Å². The number of rotatable bonds is 2. The van der Waals surface area contributed by atoms with Crippen LogP contribution in [0.1, 0.15) is 0 Å². The molecule has 1 amide bonds. The highest BCUT2D eigenvalue weighted by Gasteiger charge is 2.17. The van der Waals surface area contributed by atoms with Gasteiger partial charge in [0.1, 0.15) is 6.20 Å². The van der Waals surface area contributed by atoms with Gasteiger partial charge in [-0.3, -0.25) is 0 Å². The third-order valence-electron chi connectivity index (χ3n) is 1.37. The highest BCUT2D eigenvalue weighted by molar-refractivity contribution is 5.80. The average molecular weight is 186 g/mol. The van der Waals surface area contributed by atoms with E-state index in [4.69, 9.17) is 5.11 Å². The van der Waals surface area contributed by atoms with Crippen LogP contribution in [0.4, 0.5) is 16.6 Å². The number of nitrogens with zero attached hydrogens (tertiary/aromatic N) is 3. The predicted molar refractivity (Wildman–Crippen MR) is 41.5 cm³/mol. The van der Waals surface area contributed by atoms with Crippen LogP contribution < -0.4 is 5.32 Å². The monoisotopic (exact) mass is 186 g/mol. The molecule has 0 spiro atoms. The first-order valence-corrected chi connectivity index (χ1v) is 3.18. The lowest BCUT2D eigenvalue weighted by atomic mass is 10.7. The van der Waals surface area contributed by atoms with Gasteiger partial charge < -0.3 is 15.2 Å². The second-order valence-electron chi connectivity index (χ2n) is 2.19. The van der Waals surface area contributed by atoms with Crippen LogP contribution >= 0.6 is 0 Å². The van der Waals surface area contributed by atoms with Crippen molar-refractivity contribution in [1.82, 2.24) is 9.55 Å². The maximum Gasteiger partial charge on any atom is 0.413 e. The third kappa shape index (κ3) is 1.72. The second kappa shape index (κ2) is 3.09. The maximum absolute atomic E-state index is 10.3. The summed E-state index contributed by atoms with van der Waals surface area (Å²) < 4.78 is 1.04. The van der Waals surface area contributed by atoms with E-state index in [-0.39, 0.29) is 11.8 Å². The molecule has 0 atom stereocenters. The number of imidazole rings is 1. The van der Waals surface area contributed by atoms with E-state index in [2.05, 4.69) is 4.98 Å².